The summed E-state index contributed by atoms with van der Waals surface area (Å²) in [5.74, 6) is 0. The molecule has 3 heterocycles. The normalized spacial score (nSPS) is 14.5. The van der Waals surface area contributed by atoms with Gasteiger partial charge in [-0.15, -0.1) is 0 Å². The largest absolute Gasteiger partial charge is 0.309 e. The van der Waals surface area contributed by atoms with Gasteiger partial charge in [0, 0.05) is 53.7 Å². The zero-order chi connectivity index (χ0) is 35.3. The highest BCUT2D eigenvalue weighted by molar-refractivity contribution is 7.90. The maximum absolute atomic E-state index is 17.0. The van der Waals surface area contributed by atoms with Gasteiger partial charge in [-0.05, 0) is 70.8 Å². The maximum atomic E-state index is 17.0. The fourth-order valence-electron chi connectivity index (χ4n) is 8.86. The average molecular weight is 716 g/mol. The van der Waals surface area contributed by atoms with Crippen molar-refractivity contribution in [3.8, 4) is 39.1 Å². The van der Waals surface area contributed by atoms with Gasteiger partial charge in [-0.3, -0.25) is 0 Å². The standard InChI is InChI=1S/C48H31NO2P2/c50-52(36-20-8-3-9-21-36)43-28-34(32-16-4-1-5-17-32)30-45-47(43)48-44(52)29-35(33-18-6-2-7-19-33)31-46(48)53(45,51)42-27-15-14-26-41(42)49-39-24-12-10-22-37(39)38-23-11-13-25-40(38)49/h1-31H. The molecule has 5 heteroatoms. The first kappa shape index (κ1) is 30.6. The molecule has 53 heavy (non-hydrogen) atoms. The number of para-hydroxylation sites is 3. The number of rotatable bonds is 5. The predicted octanol–water partition coefficient (Wildman–Crippen LogP) is 9.69. The van der Waals surface area contributed by atoms with E-state index in [-0.39, 0.29) is 0 Å². The van der Waals surface area contributed by atoms with Gasteiger partial charge in [-0.25, -0.2) is 0 Å². The Labute approximate surface area is 307 Å². The van der Waals surface area contributed by atoms with Crippen molar-refractivity contribution < 1.29 is 9.13 Å². The Kier molecular flexibility index (Phi) is 6.51. The van der Waals surface area contributed by atoms with E-state index in [4.69, 9.17) is 0 Å². The van der Waals surface area contributed by atoms with Gasteiger partial charge in [-0.1, -0.05) is 140 Å². The van der Waals surface area contributed by atoms with Crippen LogP contribution in [0.2, 0.25) is 0 Å². The number of hydrogen-bond acceptors (Lipinski definition) is 2. The highest BCUT2D eigenvalue weighted by atomic mass is 31.2. The number of benzene rings is 8. The van der Waals surface area contributed by atoms with Crippen molar-refractivity contribution in [2.45, 2.75) is 0 Å². The highest BCUT2D eigenvalue weighted by Gasteiger charge is 2.53. The molecule has 0 N–H and O–H groups in total. The Bertz CT molecular complexity index is 2900. The Morgan fingerprint density at radius 3 is 1.25 bits per heavy atom. The number of hydrogen-bond donors (Lipinski definition) is 0. The molecule has 0 bridgehead atoms. The fraction of sp³-hybridized carbons (Fsp3) is 0. The van der Waals surface area contributed by atoms with E-state index in [0.29, 0.717) is 0 Å². The van der Waals surface area contributed by atoms with Crippen LogP contribution in [0.4, 0.5) is 0 Å². The molecular formula is C48H31NO2P2. The van der Waals surface area contributed by atoms with Gasteiger partial charge in [0.1, 0.15) is 0 Å². The maximum Gasteiger partial charge on any atom is 0.174 e. The molecule has 0 amide bonds. The minimum absolute atomic E-state index is 0.761. The van der Waals surface area contributed by atoms with Crippen LogP contribution in [0.15, 0.2) is 188 Å². The highest BCUT2D eigenvalue weighted by Crippen LogP contribution is 2.62. The van der Waals surface area contributed by atoms with Gasteiger partial charge in [0.15, 0.2) is 14.3 Å². The van der Waals surface area contributed by atoms with Crippen LogP contribution < -0.4 is 31.8 Å². The molecule has 11 rings (SSSR count). The third-order valence-corrected chi connectivity index (χ3v) is 17.4. The zero-order valence-corrected chi connectivity index (χ0v) is 30.3. The van der Waals surface area contributed by atoms with E-state index >= 15 is 9.13 Å². The van der Waals surface area contributed by atoms with Gasteiger partial charge in [0.05, 0.1) is 16.7 Å². The molecule has 2 aliphatic rings. The van der Waals surface area contributed by atoms with Gasteiger partial charge in [0.2, 0.25) is 0 Å². The van der Waals surface area contributed by atoms with Crippen molar-refractivity contribution in [1.29, 1.82) is 0 Å². The molecule has 0 saturated heterocycles. The van der Waals surface area contributed by atoms with E-state index in [0.717, 1.165) is 92.7 Å². The minimum Gasteiger partial charge on any atom is -0.309 e. The van der Waals surface area contributed by atoms with Crippen molar-refractivity contribution >= 4 is 67.9 Å². The third-order valence-electron chi connectivity index (χ3n) is 11.2. The van der Waals surface area contributed by atoms with Crippen LogP contribution in [0.25, 0.3) is 60.9 Å². The Balaban J connectivity index is 1.30. The summed E-state index contributed by atoms with van der Waals surface area (Å²) in [6.45, 7) is 0. The average Bonchev–Trinajstić information content (AvgIpc) is 3.80. The molecule has 1 aromatic heterocycles. The lowest BCUT2D eigenvalue weighted by atomic mass is 9.98. The number of nitrogens with zero attached hydrogens (tertiary/aromatic N) is 1. The quantitative estimate of drug-likeness (QED) is 0.167. The van der Waals surface area contributed by atoms with Crippen LogP contribution in [-0.2, 0) is 9.13 Å². The first-order chi connectivity index (χ1) is 26.1. The molecule has 0 fully saturated rings. The van der Waals surface area contributed by atoms with Gasteiger partial charge in [-0.2, -0.15) is 0 Å². The molecule has 3 nitrogen and oxygen atoms in total. The minimum atomic E-state index is -3.61. The van der Waals surface area contributed by atoms with Crippen molar-refractivity contribution in [2.75, 3.05) is 0 Å². The summed E-state index contributed by atoms with van der Waals surface area (Å²) < 4.78 is 35.5. The van der Waals surface area contributed by atoms with Crippen LogP contribution in [0, 0.1) is 0 Å². The summed E-state index contributed by atoms with van der Waals surface area (Å²) in [5.41, 5.74) is 8.59. The van der Waals surface area contributed by atoms with E-state index < -0.39 is 14.3 Å². The monoisotopic (exact) mass is 715 g/mol. The Morgan fingerprint density at radius 1 is 0.340 bits per heavy atom. The van der Waals surface area contributed by atoms with Crippen LogP contribution in [0.3, 0.4) is 0 Å². The second-order valence-electron chi connectivity index (χ2n) is 13.9. The summed E-state index contributed by atoms with van der Waals surface area (Å²) >= 11 is 0. The zero-order valence-electron chi connectivity index (χ0n) is 28.6. The lowest BCUT2D eigenvalue weighted by molar-refractivity contribution is 0.592. The van der Waals surface area contributed by atoms with E-state index in [1.165, 1.54) is 0 Å². The van der Waals surface area contributed by atoms with Crippen LogP contribution in [0.5, 0.6) is 0 Å². The summed E-state index contributed by atoms with van der Waals surface area (Å²) in [7, 11) is -6.99. The van der Waals surface area contributed by atoms with Crippen molar-refractivity contribution in [3.63, 3.8) is 0 Å². The second kappa shape index (κ2) is 11.3. The van der Waals surface area contributed by atoms with Gasteiger partial charge >= 0.3 is 0 Å². The van der Waals surface area contributed by atoms with E-state index in [9.17, 15) is 0 Å². The summed E-state index contributed by atoms with van der Waals surface area (Å²) in [5, 5.41) is 6.92. The molecule has 2 aliphatic heterocycles. The van der Waals surface area contributed by atoms with Crippen LogP contribution in [0.1, 0.15) is 0 Å². The Hall–Kier alpha value is -5.98. The van der Waals surface area contributed by atoms with Crippen molar-refractivity contribution in [1.82, 2.24) is 4.57 Å². The van der Waals surface area contributed by atoms with E-state index in [2.05, 4.69) is 114 Å². The summed E-state index contributed by atoms with van der Waals surface area (Å²) in [4.78, 5) is 0. The lowest BCUT2D eigenvalue weighted by Crippen LogP contribution is -2.30. The van der Waals surface area contributed by atoms with Crippen molar-refractivity contribution in [3.05, 3.63) is 188 Å². The molecule has 9 aromatic rings. The fourth-order valence-corrected chi connectivity index (χ4v) is 15.5. The Morgan fingerprint density at radius 2 is 0.736 bits per heavy atom. The number of fused-ring (bicyclic) bond motifs is 3. The predicted molar refractivity (Wildman–Crippen MR) is 223 cm³/mol. The first-order valence-corrected chi connectivity index (χ1v) is 21.3. The second-order valence-corrected chi connectivity index (χ2v) is 19.3. The van der Waals surface area contributed by atoms with Crippen LogP contribution in [-0.4, -0.2) is 4.57 Å². The molecule has 0 saturated carbocycles. The number of aromatic nitrogens is 1. The molecular weight excluding hydrogens is 684 g/mol. The van der Waals surface area contributed by atoms with Gasteiger partial charge < -0.3 is 13.7 Å². The molecule has 0 radical (unpaired) electrons. The summed E-state index contributed by atoms with van der Waals surface area (Å²) in [6, 6.07) is 63.9. The topological polar surface area (TPSA) is 39.1 Å². The third kappa shape index (κ3) is 4.13. The van der Waals surface area contributed by atoms with E-state index in [1.54, 1.807) is 0 Å². The molecule has 8 aromatic carbocycles. The molecule has 0 atom stereocenters. The van der Waals surface area contributed by atoms with Crippen molar-refractivity contribution in [2.24, 2.45) is 0 Å². The van der Waals surface area contributed by atoms with E-state index in [1.807, 2.05) is 78.9 Å². The lowest BCUT2D eigenvalue weighted by Gasteiger charge is -2.25. The summed E-state index contributed by atoms with van der Waals surface area (Å²) in [6.07, 6.45) is 0. The first-order valence-electron chi connectivity index (χ1n) is 17.9. The SMILES string of the molecule is O=P1(c2ccccc2)c2cc(-c3ccccc3)cc3c2-c2c1cc(-c1ccccc1)cc2P3(=O)c1ccccc1-n1c2ccccc2c2ccccc21. The molecule has 0 unspecified atom stereocenters. The smallest absolute Gasteiger partial charge is 0.174 e. The molecule has 250 valence electrons. The van der Waals surface area contributed by atoms with Crippen LogP contribution >= 0.6 is 14.3 Å². The molecule has 0 aliphatic carbocycles. The van der Waals surface area contributed by atoms with Gasteiger partial charge in [0.25, 0.3) is 0 Å². The molecule has 0 spiro atoms.